The molecule has 0 radical (unpaired) electrons. The van der Waals surface area contributed by atoms with E-state index in [9.17, 15) is 4.79 Å². The Bertz CT molecular complexity index is 897. The molecule has 3 heteroatoms. The molecule has 0 unspecified atom stereocenters. The van der Waals surface area contributed by atoms with Crippen LogP contribution in [-0.4, -0.2) is 24.0 Å². The number of ether oxygens (including phenoxy) is 1. The Morgan fingerprint density at radius 1 is 0.889 bits per heavy atom. The maximum absolute atomic E-state index is 13.1. The van der Waals surface area contributed by atoms with E-state index in [0.29, 0.717) is 12.6 Å². The molecule has 1 fully saturated rings. The van der Waals surface area contributed by atoms with E-state index in [-0.39, 0.29) is 5.91 Å². The highest BCUT2D eigenvalue weighted by Crippen LogP contribution is 2.30. The van der Waals surface area contributed by atoms with Crippen molar-refractivity contribution in [3.8, 4) is 16.9 Å². The van der Waals surface area contributed by atoms with Crippen molar-refractivity contribution in [3.05, 3.63) is 90.0 Å². The summed E-state index contributed by atoms with van der Waals surface area (Å²) in [5.74, 6) is 0.937. The van der Waals surface area contributed by atoms with Gasteiger partial charge in [0.15, 0.2) is 0 Å². The van der Waals surface area contributed by atoms with Crippen molar-refractivity contribution < 1.29 is 9.53 Å². The first-order chi connectivity index (χ1) is 13.2. The normalized spacial score (nSPS) is 13.2. The van der Waals surface area contributed by atoms with Gasteiger partial charge in [-0.15, -0.1) is 0 Å². The lowest BCUT2D eigenvalue weighted by Crippen LogP contribution is -2.32. The number of carbonyl (C=O) groups is 1. The van der Waals surface area contributed by atoms with Gasteiger partial charge in [-0.2, -0.15) is 0 Å². The molecule has 1 amide bonds. The van der Waals surface area contributed by atoms with Crippen LogP contribution in [0.1, 0.15) is 28.8 Å². The van der Waals surface area contributed by atoms with E-state index in [0.717, 1.165) is 40.8 Å². The first kappa shape index (κ1) is 17.3. The molecule has 0 spiro atoms. The highest BCUT2D eigenvalue weighted by Gasteiger charge is 2.33. The molecule has 0 saturated heterocycles. The molecular formula is C24H23NO2. The van der Waals surface area contributed by atoms with Crippen LogP contribution in [0.25, 0.3) is 11.1 Å². The summed E-state index contributed by atoms with van der Waals surface area (Å²) in [5, 5.41) is 0. The predicted molar refractivity (Wildman–Crippen MR) is 108 cm³/mol. The molecule has 4 rings (SSSR count). The molecule has 27 heavy (non-hydrogen) atoms. The van der Waals surface area contributed by atoms with E-state index in [4.69, 9.17) is 4.74 Å². The molecular weight excluding hydrogens is 334 g/mol. The van der Waals surface area contributed by atoms with Crippen LogP contribution in [0.5, 0.6) is 5.75 Å². The Balaban J connectivity index is 1.51. The van der Waals surface area contributed by atoms with Gasteiger partial charge in [-0.1, -0.05) is 54.6 Å². The van der Waals surface area contributed by atoms with E-state index < -0.39 is 0 Å². The van der Waals surface area contributed by atoms with E-state index in [1.54, 1.807) is 7.11 Å². The van der Waals surface area contributed by atoms with E-state index >= 15 is 0 Å². The van der Waals surface area contributed by atoms with Gasteiger partial charge >= 0.3 is 0 Å². The summed E-state index contributed by atoms with van der Waals surface area (Å²) in [5.41, 5.74) is 4.15. The summed E-state index contributed by atoms with van der Waals surface area (Å²) in [6.07, 6.45) is 2.17. The standard InChI is InChI=1S/C24H23NO2/c1-27-23-15-7-18(8-16-23)17-25(22-13-14-22)24(26)21-11-9-20(10-12-21)19-5-3-2-4-6-19/h2-12,15-16,22H,13-14,17H2,1H3. The number of hydrogen-bond acceptors (Lipinski definition) is 2. The summed E-state index contributed by atoms with van der Waals surface area (Å²) >= 11 is 0. The zero-order chi connectivity index (χ0) is 18.6. The molecule has 0 aliphatic heterocycles. The average molecular weight is 357 g/mol. The Hall–Kier alpha value is -3.07. The Morgan fingerprint density at radius 2 is 1.52 bits per heavy atom. The number of nitrogens with zero attached hydrogens (tertiary/aromatic N) is 1. The predicted octanol–water partition coefficient (Wildman–Crippen LogP) is 5.17. The zero-order valence-electron chi connectivity index (χ0n) is 15.5. The molecule has 1 aliphatic rings. The van der Waals surface area contributed by atoms with Gasteiger partial charge in [0.25, 0.3) is 5.91 Å². The highest BCUT2D eigenvalue weighted by molar-refractivity contribution is 5.95. The van der Waals surface area contributed by atoms with Crippen molar-refractivity contribution in [3.63, 3.8) is 0 Å². The third-order valence-corrected chi connectivity index (χ3v) is 5.00. The van der Waals surface area contributed by atoms with Crippen LogP contribution in [0, 0.1) is 0 Å². The minimum Gasteiger partial charge on any atom is -0.497 e. The molecule has 0 aromatic heterocycles. The number of methoxy groups -OCH3 is 1. The molecule has 1 aliphatic carbocycles. The molecule has 0 atom stereocenters. The van der Waals surface area contributed by atoms with Crippen LogP contribution in [0.4, 0.5) is 0 Å². The number of benzene rings is 3. The molecule has 0 heterocycles. The molecule has 0 bridgehead atoms. The van der Waals surface area contributed by atoms with Crippen molar-refractivity contribution in [2.24, 2.45) is 0 Å². The maximum Gasteiger partial charge on any atom is 0.254 e. The summed E-state index contributed by atoms with van der Waals surface area (Å²) in [7, 11) is 1.66. The van der Waals surface area contributed by atoms with Crippen LogP contribution in [0.15, 0.2) is 78.9 Å². The quantitative estimate of drug-likeness (QED) is 0.609. The number of carbonyl (C=O) groups excluding carboxylic acids is 1. The summed E-state index contributed by atoms with van der Waals surface area (Å²) in [4.78, 5) is 15.1. The van der Waals surface area contributed by atoms with Crippen LogP contribution in [-0.2, 0) is 6.54 Å². The number of amides is 1. The molecule has 0 N–H and O–H groups in total. The fourth-order valence-corrected chi connectivity index (χ4v) is 3.28. The van der Waals surface area contributed by atoms with Crippen molar-refractivity contribution in [2.45, 2.75) is 25.4 Å². The van der Waals surface area contributed by atoms with Crippen molar-refractivity contribution in [2.75, 3.05) is 7.11 Å². The van der Waals surface area contributed by atoms with E-state index in [1.807, 2.05) is 71.6 Å². The molecule has 3 nitrogen and oxygen atoms in total. The fourth-order valence-electron chi connectivity index (χ4n) is 3.28. The third kappa shape index (κ3) is 4.03. The smallest absolute Gasteiger partial charge is 0.254 e. The maximum atomic E-state index is 13.1. The van der Waals surface area contributed by atoms with E-state index in [1.165, 1.54) is 0 Å². The van der Waals surface area contributed by atoms with Gasteiger partial charge in [0.1, 0.15) is 5.75 Å². The third-order valence-electron chi connectivity index (χ3n) is 5.00. The molecule has 3 aromatic rings. The van der Waals surface area contributed by atoms with Gasteiger partial charge in [0, 0.05) is 18.2 Å². The molecule has 1 saturated carbocycles. The van der Waals surface area contributed by atoms with Gasteiger partial charge in [0.2, 0.25) is 0 Å². The largest absolute Gasteiger partial charge is 0.497 e. The van der Waals surface area contributed by atoms with Crippen molar-refractivity contribution in [1.29, 1.82) is 0 Å². The lowest BCUT2D eigenvalue weighted by Gasteiger charge is -2.23. The lowest BCUT2D eigenvalue weighted by molar-refractivity contribution is 0.0730. The monoisotopic (exact) mass is 357 g/mol. The minimum absolute atomic E-state index is 0.105. The van der Waals surface area contributed by atoms with Crippen LogP contribution in [0.3, 0.4) is 0 Å². The number of rotatable bonds is 6. The first-order valence-electron chi connectivity index (χ1n) is 9.34. The summed E-state index contributed by atoms with van der Waals surface area (Å²) in [6.45, 7) is 0.633. The second kappa shape index (κ2) is 7.67. The summed E-state index contributed by atoms with van der Waals surface area (Å²) < 4.78 is 5.22. The van der Waals surface area contributed by atoms with Gasteiger partial charge in [-0.25, -0.2) is 0 Å². The van der Waals surface area contributed by atoms with Gasteiger partial charge in [-0.05, 0) is 53.8 Å². The lowest BCUT2D eigenvalue weighted by atomic mass is 10.0. The Morgan fingerprint density at radius 3 is 2.11 bits per heavy atom. The van der Waals surface area contributed by atoms with E-state index in [2.05, 4.69) is 12.1 Å². The van der Waals surface area contributed by atoms with Crippen molar-refractivity contribution in [1.82, 2.24) is 4.90 Å². The topological polar surface area (TPSA) is 29.5 Å². The summed E-state index contributed by atoms with van der Waals surface area (Å²) in [6, 6.07) is 26.5. The fraction of sp³-hybridized carbons (Fsp3) is 0.208. The highest BCUT2D eigenvalue weighted by atomic mass is 16.5. The van der Waals surface area contributed by atoms with Crippen molar-refractivity contribution >= 4 is 5.91 Å². The average Bonchev–Trinajstić information content (AvgIpc) is 3.58. The first-order valence-corrected chi connectivity index (χ1v) is 9.34. The number of hydrogen-bond donors (Lipinski definition) is 0. The Labute approximate surface area is 160 Å². The SMILES string of the molecule is COc1ccc(CN(C(=O)c2ccc(-c3ccccc3)cc2)C2CC2)cc1. The Kier molecular flexibility index (Phi) is 4.93. The molecule has 3 aromatic carbocycles. The second-order valence-corrected chi connectivity index (χ2v) is 6.96. The van der Waals surface area contributed by atoms with Gasteiger partial charge < -0.3 is 9.64 Å². The second-order valence-electron chi connectivity index (χ2n) is 6.96. The van der Waals surface area contributed by atoms with Gasteiger partial charge in [-0.3, -0.25) is 4.79 Å². The van der Waals surface area contributed by atoms with Gasteiger partial charge in [0.05, 0.1) is 7.11 Å². The van der Waals surface area contributed by atoms with Crippen LogP contribution < -0.4 is 4.74 Å². The molecule has 136 valence electrons. The minimum atomic E-state index is 0.105. The van der Waals surface area contributed by atoms with Crippen LogP contribution >= 0.6 is 0 Å². The zero-order valence-corrected chi connectivity index (χ0v) is 15.5. The van der Waals surface area contributed by atoms with Crippen LogP contribution in [0.2, 0.25) is 0 Å².